The average Bonchev–Trinajstić information content (AvgIpc) is 2.23. The molecule has 0 bridgehead atoms. The number of aldehydes is 1. The molecule has 2 aromatic rings. The van der Waals surface area contributed by atoms with Crippen molar-refractivity contribution in [3.63, 3.8) is 0 Å². The monoisotopic (exact) mass is 188 g/mol. The lowest BCUT2D eigenvalue weighted by molar-refractivity contribution is -0.108. The van der Waals surface area contributed by atoms with E-state index in [1.807, 2.05) is 6.07 Å². The van der Waals surface area contributed by atoms with Crippen LogP contribution < -0.4 is 5.56 Å². The number of carbonyl (C=O) groups is 1. The van der Waals surface area contributed by atoms with Crippen LogP contribution in [0.3, 0.4) is 0 Å². The maximum Gasteiger partial charge on any atom is 0.252 e. The molecule has 0 aliphatic carbocycles. The Labute approximate surface area is 79.8 Å². The number of nitrogens with zero attached hydrogens (tertiary/aromatic N) is 2. The second kappa shape index (κ2) is 3.41. The summed E-state index contributed by atoms with van der Waals surface area (Å²) in [6.07, 6.45) is 2.29. The molecule has 14 heavy (non-hydrogen) atoms. The van der Waals surface area contributed by atoms with Crippen LogP contribution in [0.5, 0.6) is 0 Å². The summed E-state index contributed by atoms with van der Waals surface area (Å²) in [5.74, 6) is 0. The fourth-order valence-electron chi connectivity index (χ4n) is 1.37. The predicted molar refractivity (Wildman–Crippen MR) is 52.1 cm³/mol. The van der Waals surface area contributed by atoms with Gasteiger partial charge in [-0.15, -0.1) is 0 Å². The van der Waals surface area contributed by atoms with Crippen LogP contribution in [0.2, 0.25) is 0 Å². The zero-order chi connectivity index (χ0) is 9.97. The summed E-state index contributed by atoms with van der Waals surface area (Å²) in [4.78, 5) is 25.8. The van der Waals surface area contributed by atoms with E-state index >= 15 is 0 Å². The first-order valence-corrected chi connectivity index (χ1v) is 4.21. The van der Waals surface area contributed by atoms with Crippen molar-refractivity contribution >= 4 is 17.3 Å². The van der Waals surface area contributed by atoms with Crippen LogP contribution in [0.15, 0.2) is 35.3 Å². The largest absolute Gasteiger partial charge is 0.301 e. The van der Waals surface area contributed by atoms with Crippen LogP contribution in [0.4, 0.5) is 0 Å². The molecule has 0 spiro atoms. The predicted octanol–water partition coefficient (Wildman–Crippen LogP) is 0.595. The van der Waals surface area contributed by atoms with Crippen molar-refractivity contribution in [1.82, 2.24) is 9.55 Å². The second-order valence-electron chi connectivity index (χ2n) is 2.87. The molecular formula is C10H8N2O2. The highest BCUT2D eigenvalue weighted by Gasteiger charge is 2.01. The molecule has 2 heterocycles. The summed E-state index contributed by atoms with van der Waals surface area (Å²) in [6, 6.07) is 6.78. The van der Waals surface area contributed by atoms with Gasteiger partial charge in [-0.2, -0.15) is 0 Å². The highest BCUT2D eigenvalue weighted by atomic mass is 16.1. The fourth-order valence-corrected chi connectivity index (χ4v) is 1.37. The smallest absolute Gasteiger partial charge is 0.252 e. The van der Waals surface area contributed by atoms with Crippen LogP contribution in [0.25, 0.3) is 11.0 Å². The molecule has 0 unspecified atom stereocenters. The van der Waals surface area contributed by atoms with Crippen molar-refractivity contribution in [1.29, 1.82) is 0 Å². The van der Waals surface area contributed by atoms with Gasteiger partial charge in [-0.25, -0.2) is 4.98 Å². The Balaban J connectivity index is 2.82. The van der Waals surface area contributed by atoms with E-state index in [4.69, 9.17) is 0 Å². The van der Waals surface area contributed by atoms with E-state index in [2.05, 4.69) is 4.98 Å². The van der Waals surface area contributed by atoms with Crippen molar-refractivity contribution in [2.45, 2.75) is 6.54 Å². The fraction of sp³-hybridized carbons (Fsp3) is 0.100. The Kier molecular flexibility index (Phi) is 2.10. The first kappa shape index (κ1) is 8.62. The molecular weight excluding hydrogens is 180 g/mol. The standard InChI is InChI=1S/C10H8N2O2/c13-7-6-12-9(14)4-3-8-2-1-5-11-10(8)12/h1-5,7H,6H2. The van der Waals surface area contributed by atoms with E-state index < -0.39 is 0 Å². The Bertz CT molecular complexity index is 531. The number of pyridine rings is 2. The van der Waals surface area contributed by atoms with Crippen LogP contribution >= 0.6 is 0 Å². The summed E-state index contributed by atoms with van der Waals surface area (Å²) < 4.78 is 1.35. The minimum absolute atomic E-state index is 0.0488. The summed E-state index contributed by atoms with van der Waals surface area (Å²) in [6.45, 7) is 0.0488. The molecule has 0 radical (unpaired) electrons. The lowest BCUT2D eigenvalue weighted by Gasteiger charge is -2.03. The molecule has 4 nitrogen and oxygen atoms in total. The van der Waals surface area contributed by atoms with E-state index in [1.54, 1.807) is 18.3 Å². The van der Waals surface area contributed by atoms with Gasteiger partial charge in [0.15, 0.2) is 0 Å². The normalized spacial score (nSPS) is 10.3. The maximum atomic E-state index is 11.4. The molecule has 70 valence electrons. The van der Waals surface area contributed by atoms with E-state index in [-0.39, 0.29) is 12.1 Å². The third kappa shape index (κ3) is 1.31. The number of rotatable bonds is 2. The van der Waals surface area contributed by atoms with Crippen molar-refractivity contribution in [3.8, 4) is 0 Å². The van der Waals surface area contributed by atoms with Gasteiger partial charge in [0.05, 0.1) is 6.54 Å². The molecule has 0 fully saturated rings. The van der Waals surface area contributed by atoms with E-state index in [0.29, 0.717) is 11.9 Å². The van der Waals surface area contributed by atoms with Gasteiger partial charge in [-0.05, 0) is 18.2 Å². The second-order valence-corrected chi connectivity index (χ2v) is 2.87. The van der Waals surface area contributed by atoms with Crippen molar-refractivity contribution in [3.05, 3.63) is 40.8 Å². The van der Waals surface area contributed by atoms with Gasteiger partial charge in [0.25, 0.3) is 5.56 Å². The number of aromatic nitrogens is 2. The van der Waals surface area contributed by atoms with E-state index in [9.17, 15) is 9.59 Å². The lowest BCUT2D eigenvalue weighted by Crippen LogP contribution is -2.20. The van der Waals surface area contributed by atoms with Crippen molar-refractivity contribution < 1.29 is 4.79 Å². The van der Waals surface area contributed by atoms with Crippen molar-refractivity contribution in [2.75, 3.05) is 0 Å². The SMILES string of the molecule is O=CCn1c(=O)ccc2cccnc21. The Hall–Kier alpha value is -1.97. The van der Waals surface area contributed by atoms with Crippen LogP contribution in [0.1, 0.15) is 0 Å². The first-order chi connectivity index (χ1) is 6.83. The first-order valence-electron chi connectivity index (χ1n) is 4.21. The van der Waals surface area contributed by atoms with Gasteiger partial charge >= 0.3 is 0 Å². The zero-order valence-electron chi connectivity index (χ0n) is 7.38. The van der Waals surface area contributed by atoms with Gasteiger partial charge in [0, 0.05) is 17.6 Å². The Morgan fingerprint density at radius 3 is 3.00 bits per heavy atom. The summed E-state index contributed by atoms with van der Waals surface area (Å²) in [7, 11) is 0. The molecule has 0 saturated carbocycles. The van der Waals surface area contributed by atoms with Crippen LogP contribution in [-0.2, 0) is 11.3 Å². The molecule has 0 aliphatic heterocycles. The number of fused-ring (bicyclic) bond motifs is 1. The lowest BCUT2D eigenvalue weighted by atomic mass is 10.3. The summed E-state index contributed by atoms with van der Waals surface area (Å²) >= 11 is 0. The Morgan fingerprint density at radius 1 is 1.36 bits per heavy atom. The van der Waals surface area contributed by atoms with E-state index in [0.717, 1.165) is 5.39 Å². The molecule has 2 rings (SSSR count). The minimum Gasteiger partial charge on any atom is -0.301 e. The third-order valence-corrected chi connectivity index (χ3v) is 2.00. The van der Waals surface area contributed by atoms with Gasteiger partial charge in [-0.3, -0.25) is 9.36 Å². The molecule has 0 aliphatic rings. The number of hydrogen-bond donors (Lipinski definition) is 0. The molecule has 0 atom stereocenters. The topological polar surface area (TPSA) is 52.0 Å². The van der Waals surface area contributed by atoms with Gasteiger partial charge in [-0.1, -0.05) is 0 Å². The number of carbonyl (C=O) groups excluding carboxylic acids is 1. The molecule has 0 aromatic carbocycles. The van der Waals surface area contributed by atoms with Crippen LogP contribution in [-0.4, -0.2) is 15.8 Å². The van der Waals surface area contributed by atoms with Crippen molar-refractivity contribution in [2.24, 2.45) is 0 Å². The highest BCUT2D eigenvalue weighted by Crippen LogP contribution is 2.06. The molecule has 0 saturated heterocycles. The van der Waals surface area contributed by atoms with Gasteiger partial charge < -0.3 is 4.79 Å². The number of hydrogen-bond acceptors (Lipinski definition) is 3. The molecule has 0 N–H and O–H groups in total. The van der Waals surface area contributed by atoms with Crippen LogP contribution in [0, 0.1) is 0 Å². The molecule has 0 amide bonds. The maximum absolute atomic E-state index is 11.4. The molecule has 4 heteroatoms. The quantitative estimate of drug-likeness (QED) is 0.648. The van der Waals surface area contributed by atoms with E-state index in [1.165, 1.54) is 10.6 Å². The third-order valence-electron chi connectivity index (χ3n) is 2.00. The van der Waals surface area contributed by atoms with Gasteiger partial charge in [0.2, 0.25) is 0 Å². The molecule has 2 aromatic heterocycles. The average molecular weight is 188 g/mol. The highest BCUT2D eigenvalue weighted by molar-refractivity contribution is 5.75. The summed E-state index contributed by atoms with van der Waals surface area (Å²) in [5, 5.41) is 0.856. The minimum atomic E-state index is -0.205. The zero-order valence-corrected chi connectivity index (χ0v) is 7.38. The van der Waals surface area contributed by atoms with Gasteiger partial charge in [0.1, 0.15) is 11.9 Å². The summed E-state index contributed by atoms with van der Waals surface area (Å²) in [5.41, 5.74) is 0.343. The Morgan fingerprint density at radius 2 is 2.21 bits per heavy atom.